The number of imide groups is 1. The van der Waals surface area contributed by atoms with Crippen LogP contribution in [0.2, 0.25) is 0 Å². The van der Waals surface area contributed by atoms with Crippen molar-refractivity contribution in [3.05, 3.63) is 52.9 Å². The average Bonchev–Trinajstić information content (AvgIpc) is 3.00. The first kappa shape index (κ1) is 20.1. The van der Waals surface area contributed by atoms with E-state index in [2.05, 4.69) is 20.2 Å². The Morgan fingerprint density at radius 3 is 2.34 bits per heavy atom. The van der Waals surface area contributed by atoms with E-state index >= 15 is 0 Å². The van der Waals surface area contributed by atoms with Gasteiger partial charge >= 0.3 is 5.69 Å². The number of fused-ring (bicyclic) bond motifs is 1. The third kappa shape index (κ3) is 4.62. The number of imidazole rings is 1. The highest BCUT2D eigenvalue weighted by atomic mass is 32.2. The van der Waals surface area contributed by atoms with Crippen molar-refractivity contribution in [1.82, 2.24) is 9.97 Å². The van der Waals surface area contributed by atoms with Crippen LogP contribution < -0.4 is 10.6 Å². The van der Waals surface area contributed by atoms with Gasteiger partial charge in [0.05, 0.1) is 27.3 Å². The molecule has 1 aromatic heterocycles. The highest BCUT2D eigenvalue weighted by Gasteiger charge is 2.20. The first-order valence-corrected chi connectivity index (χ1v) is 9.60. The molecular weight excluding hydrogens is 402 g/mol. The Hall–Kier alpha value is -3.64. The van der Waals surface area contributed by atoms with E-state index in [1.54, 1.807) is 18.2 Å². The molecule has 3 rings (SSSR count). The number of hydrogen-bond donors (Lipinski definition) is 3. The van der Waals surface area contributed by atoms with Crippen LogP contribution in [0.4, 0.5) is 11.4 Å². The number of benzene rings is 2. The normalized spacial score (nSPS) is 11.8. The molecule has 0 fully saturated rings. The molecule has 150 valence electrons. The van der Waals surface area contributed by atoms with Gasteiger partial charge in [-0.1, -0.05) is 0 Å². The number of carbonyl (C=O) groups is 2. The van der Waals surface area contributed by atoms with Gasteiger partial charge in [-0.05, 0) is 42.5 Å². The van der Waals surface area contributed by atoms with E-state index in [1.807, 2.05) is 0 Å². The third-order valence-electron chi connectivity index (χ3n) is 3.85. The smallest absolute Gasteiger partial charge is 0.306 e. The van der Waals surface area contributed by atoms with Crippen LogP contribution in [-0.4, -0.2) is 41.3 Å². The number of azo groups is 1. The summed E-state index contributed by atoms with van der Waals surface area (Å²) in [5.74, 6) is -1.28. The zero-order chi connectivity index (χ0) is 21.2. The molecule has 12 heteroatoms. The predicted octanol–water partition coefficient (Wildman–Crippen LogP) is 1.77. The molecule has 0 aliphatic carbocycles. The highest BCUT2D eigenvalue weighted by Crippen LogP contribution is 2.20. The van der Waals surface area contributed by atoms with E-state index in [4.69, 9.17) is 4.55 Å². The number of anilines is 1. The maximum atomic E-state index is 12.4. The lowest BCUT2D eigenvalue weighted by Crippen LogP contribution is -2.36. The van der Waals surface area contributed by atoms with Gasteiger partial charge in [-0.2, -0.15) is 18.6 Å². The lowest BCUT2D eigenvalue weighted by molar-refractivity contribution is -0.124. The molecule has 1 heterocycles. The second kappa shape index (κ2) is 7.77. The number of carbonyl (C=O) groups excluding carboxylic acids is 2. The maximum absolute atomic E-state index is 12.4. The summed E-state index contributed by atoms with van der Waals surface area (Å²) in [4.78, 5) is 41.2. The number of aromatic nitrogens is 2. The molecule has 11 nitrogen and oxygen atoms in total. The Morgan fingerprint density at radius 1 is 1.07 bits per heavy atom. The molecule has 0 saturated carbocycles. The summed E-state index contributed by atoms with van der Waals surface area (Å²) >= 11 is 0. The molecule has 0 unspecified atom stereocenters. The Kier molecular flexibility index (Phi) is 5.39. The van der Waals surface area contributed by atoms with E-state index in [9.17, 15) is 22.8 Å². The first-order chi connectivity index (χ1) is 13.6. The molecule has 0 aliphatic heterocycles. The number of hydrogen-bond acceptors (Lipinski definition) is 7. The number of nitrogens with one attached hydrogen (secondary N) is 2. The van der Waals surface area contributed by atoms with Crippen molar-refractivity contribution in [3.63, 3.8) is 0 Å². The summed E-state index contributed by atoms with van der Waals surface area (Å²) in [6, 6.07) is 9.37. The molecule has 3 aromatic rings. The minimum absolute atomic E-state index is 0.122. The van der Waals surface area contributed by atoms with Gasteiger partial charge < -0.3 is 9.97 Å². The van der Waals surface area contributed by atoms with Crippen LogP contribution in [0.1, 0.15) is 6.92 Å². The second-order valence-corrected chi connectivity index (χ2v) is 7.35. The van der Waals surface area contributed by atoms with Gasteiger partial charge in [0.1, 0.15) is 6.54 Å². The van der Waals surface area contributed by atoms with Crippen molar-refractivity contribution in [1.29, 1.82) is 0 Å². The number of rotatable bonds is 5. The van der Waals surface area contributed by atoms with Crippen molar-refractivity contribution < 1.29 is 22.6 Å². The van der Waals surface area contributed by atoms with Crippen LogP contribution in [0.25, 0.3) is 11.0 Å². The molecule has 2 amide bonds. The van der Waals surface area contributed by atoms with E-state index in [0.29, 0.717) is 16.7 Å². The molecule has 0 spiro atoms. The molecular formula is C17H15N5O6S. The zero-order valence-corrected chi connectivity index (χ0v) is 15.8. The van der Waals surface area contributed by atoms with Crippen molar-refractivity contribution in [2.75, 3.05) is 11.4 Å². The van der Waals surface area contributed by atoms with Gasteiger partial charge in [0.15, 0.2) is 0 Å². The molecule has 29 heavy (non-hydrogen) atoms. The molecule has 0 atom stereocenters. The van der Waals surface area contributed by atoms with Crippen LogP contribution in [0, 0.1) is 0 Å². The van der Waals surface area contributed by atoms with Gasteiger partial charge in [-0.15, -0.1) is 0 Å². The summed E-state index contributed by atoms with van der Waals surface area (Å²) in [6.45, 7) is 0.725. The van der Waals surface area contributed by atoms with Crippen LogP contribution in [0.3, 0.4) is 0 Å². The second-order valence-electron chi connectivity index (χ2n) is 5.93. The fourth-order valence-corrected chi connectivity index (χ4v) is 3.08. The minimum Gasteiger partial charge on any atom is -0.306 e. The Bertz CT molecular complexity index is 1270. The fraction of sp³-hybridized carbons (Fsp3) is 0.118. The Morgan fingerprint density at radius 2 is 1.72 bits per heavy atom. The van der Waals surface area contributed by atoms with Crippen molar-refractivity contribution >= 4 is 44.3 Å². The summed E-state index contributed by atoms with van der Waals surface area (Å²) in [5, 5.41) is 7.69. The summed E-state index contributed by atoms with van der Waals surface area (Å²) in [7, 11) is -4.39. The molecule has 0 saturated heterocycles. The Labute approximate surface area is 163 Å². The topological polar surface area (TPSA) is 165 Å². The van der Waals surface area contributed by atoms with Gasteiger partial charge in [0.2, 0.25) is 5.91 Å². The SMILES string of the molecule is CC(=O)N(C(=O)CN=Nc1ccc2[nH]c(=O)[nH]c2c1)c1ccc(S(=O)(=O)O)cc1. The average molecular weight is 417 g/mol. The van der Waals surface area contributed by atoms with Gasteiger partial charge in [-0.25, -0.2) is 9.69 Å². The van der Waals surface area contributed by atoms with Gasteiger partial charge in [0, 0.05) is 6.92 Å². The molecule has 0 aliphatic rings. The van der Waals surface area contributed by atoms with Crippen LogP contribution in [-0.2, 0) is 19.7 Å². The zero-order valence-electron chi connectivity index (χ0n) is 15.0. The van der Waals surface area contributed by atoms with E-state index in [-0.39, 0.29) is 16.3 Å². The van der Waals surface area contributed by atoms with E-state index in [0.717, 1.165) is 17.0 Å². The maximum Gasteiger partial charge on any atom is 0.323 e. The number of nitrogens with zero attached hydrogens (tertiary/aromatic N) is 3. The first-order valence-electron chi connectivity index (χ1n) is 8.16. The van der Waals surface area contributed by atoms with Gasteiger partial charge in [-0.3, -0.25) is 14.1 Å². The summed E-state index contributed by atoms with van der Waals surface area (Å²) < 4.78 is 31.2. The standard InChI is InChI=1S/C17H15N5O6S/c1-10(23)22(12-3-5-13(6-4-12)29(26,27)28)16(24)9-18-21-11-2-7-14-15(8-11)20-17(25)19-14/h2-8H,9H2,1H3,(H2,19,20,25)(H,26,27,28). The predicted molar refractivity (Wildman–Crippen MR) is 103 cm³/mol. The highest BCUT2D eigenvalue weighted by molar-refractivity contribution is 7.85. The lowest BCUT2D eigenvalue weighted by Gasteiger charge is -2.18. The number of aromatic amines is 2. The van der Waals surface area contributed by atoms with E-state index in [1.165, 1.54) is 19.1 Å². The van der Waals surface area contributed by atoms with Crippen LogP contribution >= 0.6 is 0 Å². The quantitative estimate of drug-likeness (QED) is 0.423. The van der Waals surface area contributed by atoms with Crippen LogP contribution in [0.15, 0.2) is 62.4 Å². The third-order valence-corrected chi connectivity index (χ3v) is 4.72. The lowest BCUT2D eigenvalue weighted by atomic mass is 10.2. The summed E-state index contributed by atoms with van der Waals surface area (Å²) in [5.41, 5.74) is 1.29. The molecule has 0 radical (unpaired) electrons. The monoisotopic (exact) mass is 417 g/mol. The van der Waals surface area contributed by atoms with E-state index < -0.39 is 28.5 Å². The van der Waals surface area contributed by atoms with Gasteiger partial charge in [0.25, 0.3) is 16.0 Å². The molecule has 2 aromatic carbocycles. The van der Waals surface area contributed by atoms with Crippen molar-refractivity contribution in [2.45, 2.75) is 11.8 Å². The number of amides is 2. The Balaban J connectivity index is 1.76. The fourth-order valence-electron chi connectivity index (χ4n) is 2.60. The molecule has 3 N–H and O–H groups in total. The largest absolute Gasteiger partial charge is 0.323 e. The summed E-state index contributed by atoms with van der Waals surface area (Å²) in [6.07, 6.45) is 0. The molecule has 0 bridgehead atoms. The van der Waals surface area contributed by atoms with Crippen molar-refractivity contribution in [2.24, 2.45) is 10.2 Å². The minimum atomic E-state index is -4.39. The van der Waals surface area contributed by atoms with Crippen molar-refractivity contribution in [3.8, 4) is 0 Å². The van der Waals surface area contributed by atoms with Crippen LogP contribution in [0.5, 0.6) is 0 Å². The number of H-pyrrole nitrogens is 2.